The van der Waals surface area contributed by atoms with Gasteiger partial charge in [0, 0.05) is 30.6 Å². The van der Waals surface area contributed by atoms with Crippen LogP contribution in [0.3, 0.4) is 0 Å². The normalized spacial score (nSPS) is 17.3. The van der Waals surface area contributed by atoms with E-state index in [1.54, 1.807) is 12.3 Å². The summed E-state index contributed by atoms with van der Waals surface area (Å²) in [6.07, 6.45) is 3.18. The molecule has 1 aliphatic heterocycles. The SMILES string of the molecule is CC(C)(C)c1nnc2n1CC(C(=O)Nc1nc3cc(Cl)ncc3s1)CC2. The van der Waals surface area contributed by atoms with Gasteiger partial charge >= 0.3 is 0 Å². The van der Waals surface area contributed by atoms with Gasteiger partial charge in [-0.15, -0.1) is 10.2 Å². The van der Waals surface area contributed by atoms with Gasteiger partial charge in [0.2, 0.25) is 5.91 Å². The molecule has 4 heterocycles. The third-order valence-electron chi connectivity index (χ3n) is 4.46. The van der Waals surface area contributed by atoms with Crippen LogP contribution in [0.1, 0.15) is 38.8 Å². The van der Waals surface area contributed by atoms with Crippen LogP contribution < -0.4 is 5.32 Å². The fourth-order valence-corrected chi connectivity index (χ4v) is 4.14. The molecular formula is C17H19ClN6OS. The van der Waals surface area contributed by atoms with E-state index < -0.39 is 0 Å². The number of nitrogens with one attached hydrogen (secondary N) is 1. The van der Waals surface area contributed by atoms with Crippen molar-refractivity contribution < 1.29 is 4.79 Å². The van der Waals surface area contributed by atoms with Crippen LogP contribution in [-0.2, 0) is 23.2 Å². The van der Waals surface area contributed by atoms with Gasteiger partial charge in [0.05, 0.1) is 16.1 Å². The van der Waals surface area contributed by atoms with E-state index in [0.29, 0.717) is 16.8 Å². The summed E-state index contributed by atoms with van der Waals surface area (Å²) in [5.74, 6) is 1.72. The van der Waals surface area contributed by atoms with E-state index >= 15 is 0 Å². The number of rotatable bonds is 2. The molecule has 136 valence electrons. The zero-order valence-corrected chi connectivity index (χ0v) is 16.4. The summed E-state index contributed by atoms with van der Waals surface area (Å²) in [6, 6.07) is 1.70. The lowest BCUT2D eigenvalue weighted by atomic mass is 9.93. The topological polar surface area (TPSA) is 85.6 Å². The van der Waals surface area contributed by atoms with E-state index in [4.69, 9.17) is 11.6 Å². The smallest absolute Gasteiger partial charge is 0.231 e. The Bertz CT molecular complexity index is 989. The Balaban J connectivity index is 1.53. The number of amides is 1. The Morgan fingerprint density at radius 3 is 2.96 bits per heavy atom. The number of pyridine rings is 1. The molecule has 0 fully saturated rings. The monoisotopic (exact) mass is 390 g/mol. The molecule has 0 saturated carbocycles. The van der Waals surface area contributed by atoms with Crippen molar-refractivity contribution in [3.8, 4) is 0 Å². The number of anilines is 1. The molecule has 26 heavy (non-hydrogen) atoms. The zero-order valence-electron chi connectivity index (χ0n) is 14.8. The van der Waals surface area contributed by atoms with Gasteiger partial charge in [-0.05, 0) is 6.42 Å². The maximum Gasteiger partial charge on any atom is 0.231 e. The molecule has 0 radical (unpaired) electrons. The maximum absolute atomic E-state index is 12.8. The quantitative estimate of drug-likeness (QED) is 0.677. The van der Waals surface area contributed by atoms with Gasteiger partial charge < -0.3 is 9.88 Å². The molecule has 0 aromatic carbocycles. The lowest BCUT2D eigenvalue weighted by molar-refractivity contribution is -0.120. The van der Waals surface area contributed by atoms with Gasteiger partial charge in [0.25, 0.3) is 0 Å². The third-order valence-corrected chi connectivity index (χ3v) is 5.59. The van der Waals surface area contributed by atoms with E-state index in [2.05, 4.69) is 50.8 Å². The molecule has 0 aliphatic carbocycles. The average molecular weight is 391 g/mol. The molecule has 1 unspecified atom stereocenters. The highest BCUT2D eigenvalue weighted by Gasteiger charge is 2.31. The van der Waals surface area contributed by atoms with Crippen molar-refractivity contribution in [1.82, 2.24) is 24.7 Å². The summed E-state index contributed by atoms with van der Waals surface area (Å²) < 4.78 is 2.99. The molecule has 7 nitrogen and oxygen atoms in total. The highest BCUT2D eigenvalue weighted by atomic mass is 35.5. The first-order chi connectivity index (χ1) is 12.3. The molecule has 0 saturated heterocycles. The van der Waals surface area contributed by atoms with E-state index in [1.165, 1.54) is 11.3 Å². The van der Waals surface area contributed by atoms with Gasteiger partial charge in [-0.25, -0.2) is 9.97 Å². The van der Waals surface area contributed by atoms with E-state index in [1.807, 2.05) is 0 Å². The largest absolute Gasteiger partial charge is 0.314 e. The van der Waals surface area contributed by atoms with Gasteiger partial charge in [-0.2, -0.15) is 0 Å². The predicted octanol–water partition coefficient (Wildman–Crippen LogP) is 3.43. The Kier molecular flexibility index (Phi) is 4.19. The number of hydrogen-bond acceptors (Lipinski definition) is 6. The lowest BCUT2D eigenvalue weighted by Gasteiger charge is -2.26. The Morgan fingerprint density at radius 1 is 1.38 bits per heavy atom. The average Bonchev–Trinajstić information content (AvgIpc) is 3.16. The first-order valence-corrected chi connectivity index (χ1v) is 9.66. The Hall–Kier alpha value is -2.06. The highest BCUT2D eigenvalue weighted by Crippen LogP contribution is 2.30. The number of nitrogens with zero attached hydrogens (tertiary/aromatic N) is 5. The third kappa shape index (κ3) is 3.19. The van der Waals surface area contributed by atoms with Crippen molar-refractivity contribution in [2.24, 2.45) is 5.92 Å². The summed E-state index contributed by atoms with van der Waals surface area (Å²) in [5.41, 5.74) is 0.633. The summed E-state index contributed by atoms with van der Waals surface area (Å²) in [5, 5.41) is 12.5. The minimum atomic E-state index is -0.131. The minimum Gasteiger partial charge on any atom is -0.314 e. The molecule has 3 aromatic rings. The van der Waals surface area contributed by atoms with Crippen molar-refractivity contribution >= 4 is 44.2 Å². The van der Waals surface area contributed by atoms with E-state index in [-0.39, 0.29) is 17.2 Å². The second kappa shape index (κ2) is 6.28. The standard InChI is InChI=1S/C17H19ClN6OS/c1-17(2,3)15-23-22-13-5-4-9(8-24(13)15)14(25)21-16-20-10-6-12(18)19-7-11(10)26-16/h6-7,9H,4-5,8H2,1-3H3,(H,20,21,25). The Morgan fingerprint density at radius 2 is 2.19 bits per heavy atom. The number of carbonyl (C=O) groups excluding carboxylic acids is 1. The van der Waals surface area contributed by atoms with Gasteiger partial charge in [0.1, 0.15) is 16.8 Å². The van der Waals surface area contributed by atoms with Crippen LogP contribution in [0.5, 0.6) is 0 Å². The fourth-order valence-electron chi connectivity index (χ4n) is 3.17. The first kappa shape index (κ1) is 17.4. The van der Waals surface area contributed by atoms with Crippen LogP contribution in [-0.4, -0.2) is 30.6 Å². The van der Waals surface area contributed by atoms with Crippen LogP contribution in [0.15, 0.2) is 12.3 Å². The molecule has 1 aliphatic rings. The fraction of sp³-hybridized carbons (Fsp3) is 0.471. The van der Waals surface area contributed by atoms with Crippen LogP contribution in [0, 0.1) is 5.92 Å². The number of aromatic nitrogens is 5. The summed E-state index contributed by atoms with van der Waals surface area (Å²) in [4.78, 5) is 21.2. The maximum atomic E-state index is 12.8. The molecule has 3 aromatic heterocycles. The molecule has 0 spiro atoms. The second-order valence-corrected chi connectivity index (χ2v) is 8.94. The number of thiazole rings is 1. The molecular weight excluding hydrogens is 372 g/mol. The van der Waals surface area contributed by atoms with Crippen molar-refractivity contribution in [2.75, 3.05) is 5.32 Å². The number of hydrogen-bond donors (Lipinski definition) is 1. The van der Waals surface area contributed by atoms with Crippen LogP contribution in [0.25, 0.3) is 10.2 Å². The number of fused-ring (bicyclic) bond motifs is 2. The zero-order chi connectivity index (χ0) is 18.5. The van der Waals surface area contributed by atoms with Gasteiger partial charge in [-0.1, -0.05) is 43.7 Å². The highest BCUT2D eigenvalue weighted by molar-refractivity contribution is 7.22. The van der Waals surface area contributed by atoms with E-state index in [9.17, 15) is 4.79 Å². The minimum absolute atomic E-state index is 0.0256. The predicted molar refractivity (Wildman–Crippen MR) is 102 cm³/mol. The van der Waals surface area contributed by atoms with E-state index in [0.717, 1.165) is 34.7 Å². The lowest BCUT2D eigenvalue weighted by Crippen LogP contribution is -2.33. The van der Waals surface area contributed by atoms with Crippen LogP contribution in [0.4, 0.5) is 5.13 Å². The Labute approximate surface area is 159 Å². The molecule has 9 heteroatoms. The number of aryl methyl sites for hydroxylation is 1. The van der Waals surface area contributed by atoms with Crippen molar-refractivity contribution in [3.63, 3.8) is 0 Å². The van der Waals surface area contributed by atoms with Gasteiger partial charge in [0.15, 0.2) is 5.13 Å². The van der Waals surface area contributed by atoms with Crippen molar-refractivity contribution in [1.29, 1.82) is 0 Å². The summed E-state index contributed by atoms with van der Waals surface area (Å²) in [6.45, 7) is 6.91. The summed E-state index contributed by atoms with van der Waals surface area (Å²) >= 11 is 7.29. The van der Waals surface area contributed by atoms with Crippen molar-refractivity contribution in [2.45, 2.75) is 45.6 Å². The van der Waals surface area contributed by atoms with Gasteiger partial charge in [-0.3, -0.25) is 4.79 Å². The molecule has 0 bridgehead atoms. The van der Waals surface area contributed by atoms with Crippen molar-refractivity contribution in [3.05, 3.63) is 29.1 Å². The molecule has 1 N–H and O–H groups in total. The number of carbonyl (C=O) groups is 1. The second-order valence-electron chi connectivity index (χ2n) is 7.52. The molecule has 1 amide bonds. The first-order valence-electron chi connectivity index (χ1n) is 8.47. The summed E-state index contributed by atoms with van der Waals surface area (Å²) in [7, 11) is 0. The van der Waals surface area contributed by atoms with Crippen LogP contribution >= 0.6 is 22.9 Å². The molecule has 1 atom stereocenters. The van der Waals surface area contributed by atoms with Crippen LogP contribution in [0.2, 0.25) is 5.15 Å². The number of halogens is 1. The molecule has 4 rings (SSSR count).